The molecule has 7 heteroatoms. The molecule has 1 heterocycles. The standard InChI is InChI=1S/C21H14Cl2N2O2S/c1-27-18-9-6-12(22)10-15(18)20(26)24-13-7-8-14(16(23)11-13)21-25-17-4-2-3-5-19(17)28-21/h2-11H,1H3,(H,24,26). The first-order chi connectivity index (χ1) is 13.5. The maximum atomic E-state index is 12.6. The summed E-state index contributed by atoms with van der Waals surface area (Å²) in [5.74, 6) is 0.113. The third-order valence-electron chi connectivity index (χ3n) is 4.16. The number of para-hydroxylation sites is 1. The van der Waals surface area contributed by atoms with Crippen LogP contribution in [0.1, 0.15) is 10.4 Å². The minimum atomic E-state index is -0.330. The maximum Gasteiger partial charge on any atom is 0.259 e. The number of aromatic nitrogens is 1. The highest BCUT2D eigenvalue weighted by Crippen LogP contribution is 2.35. The predicted molar refractivity (Wildman–Crippen MR) is 116 cm³/mol. The van der Waals surface area contributed by atoms with Gasteiger partial charge in [0.2, 0.25) is 0 Å². The molecule has 0 radical (unpaired) electrons. The molecule has 3 aromatic carbocycles. The molecule has 1 amide bonds. The summed E-state index contributed by atoms with van der Waals surface area (Å²) in [6, 6.07) is 18.2. The summed E-state index contributed by atoms with van der Waals surface area (Å²) in [6.45, 7) is 0. The molecule has 0 aliphatic rings. The lowest BCUT2D eigenvalue weighted by Gasteiger charge is -2.11. The van der Waals surface area contributed by atoms with Crippen LogP contribution in [-0.4, -0.2) is 18.0 Å². The molecule has 0 aliphatic heterocycles. The number of carbonyl (C=O) groups excluding carboxylic acids is 1. The van der Waals surface area contributed by atoms with Crippen LogP contribution in [-0.2, 0) is 0 Å². The van der Waals surface area contributed by atoms with E-state index >= 15 is 0 Å². The molecule has 0 aliphatic carbocycles. The van der Waals surface area contributed by atoms with Crippen LogP contribution in [0.25, 0.3) is 20.8 Å². The average Bonchev–Trinajstić information content (AvgIpc) is 3.11. The van der Waals surface area contributed by atoms with Gasteiger partial charge in [0.1, 0.15) is 10.8 Å². The first kappa shape index (κ1) is 18.7. The molecule has 1 aromatic heterocycles. The Morgan fingerprint density at radius 1 is 1.07 bits per heavy atom. The predicted octanol–water partition coefficient (Wildman–Crippen LogP) is 6.53. The second kappa shape index (κ2) is 7.80. The van der Waals surface area contributed by atoms with Gasteiger partial charge in [0.15, 0.2) is 0 Å². The monoisotopic (exact) mass is 428 g/mol. The number of fused-ring (bicyclic) bond motifs is 1. The van der Waals surface area contributed by atoms with Gasteiger partial charge in [-0.2, -0.15) is 0 Å². The number of anilines is 1. The van der Waals surface area contributed by atoms with Gasteiger partial charge >= 0.3 is 0 Å². The summed E-state index contributed by atoms with van der Waals surface area (Å²) in [5, 5.41) is 4.62. The number of halogens is 2. The van der Waals surface area contributed by atoms with Gasteiger partial charge in [-0.05, 0) is 48.5 Å². The van der Waals surface area contributed by atoms with E-state index in [-0.39, 0.29) is 5.91 Å². The molecule has 0 bridgehead atoms. The van der Waals surface area contributed by atoms with Crippen molar-refractivity contribution in [2.75, 3.05) is 12.4 Å². The summed E-state index contributed by atoms with van der Waals surface area (Å²) in [6.07, 6.45) is 0. The number of hydrogen-bond acceptors (Lipinski definition) is 4. The number of methoxy groups -OCH3 is 1. The molecule has 140 valence electrons. The largest absolute Gasteiger partial charge is 0.496 e. The van der Waals surface area contributed by atoms with Crippen molar-refractivity contribution in [2.45, 2.75) is 0 Å². The Bertz CT molecular complexity index is 1160. The lowest BCUT2D eigenvalue weighted by Crippen LogP contribution is -2.13. The number of nitrogens with zero attached hydrogens (tertiary/aromatic N) is 1. The van der Waals surface area contributed by atoms with E-state index in [2.05, 4.69) is 10.3 Å². The van der Waals surface area contributed by atoms with Gasteiger partial charge in [0.05, 0.1) is 27.9 Å². The van der Waals surface area contributed by atoms with Gasteiger partial charge in [-0.3, -0.25) is 4.79 Å². The summed E-state index contributed by atoms with van der Waals surface area (Å²) < 4.78 is 6.33. The van der Waals surface area contributed by atoms with Crippen molar-refractivity contribution in [3.8, 4) is 16.3 Å². The third-order valence-corrected chi connectivity index (χ3v) is 5.77. The van der Waals surface area contributed by atoms with Gasteiger partial charge in [0, 0.05) is 16.3 Å². The van der Waals surface area contributed by atoms with Gasteiger partial charge in [-0.25, -0.2) is 4.98 Å². The zero-order valence-corrected chi connectivity index (χ0v) is 17.0. The van der Waals surface area contributed by atoms with Crippen molar-refractivity contribution >= 4 is 56.3 Å². The Morgan fingerprint density at radius 2 is 1.89 bits per heavy atom. The van der Waals surface area contributed by atoms with Gasteiger partial charge in [0.25, 0.3) is 5.91 Å². The highest BCUT2D eigenvalue weighted by atomic mass is 35.5. The molecule has 4 nitrogen and oxygen atoms in total. The van der Waals surface area contributed by atoms with E-state index in [1.165, 1.54) is 7.11 Å². The minimum absolute atomic E-state index is 0.330. The first-order valence-electron chi connectivity index (χ1n) is 8.35. The Balaban J connectivity index is 1.61. The molecule has 0 atom stereocenters. The SMILES string of the molecule is COc1ccc(Cl)cc1C(=O)Nc1ccc(-c2nc3ccccc3s2)c(Cl)c1. The molecule has 0 unspecified atom stereocenters. The van der Waals surface area contributed by atoms with Crippen LogP contribution < -0.4 is 10.1 Å². The second-order valence-electron chi connectivity index (χ2n) is 5.98. The number of rotatable bonds is 4. The topological polar surface area (TPSA) is 51.2 Å². The molecule has 0 saturated carbocycles. The van der Waals surface area contributed by atoms with E-state index in [1.54, 1.807) is 41.7 Å². The van der Waals surface area contributed by atoms with E-state index in [1.807, 2.05) is 30.3 Å². The normalized spacial score (nSPS) is 10.8. The van der Waals surface area contributed by atoms with Gasteiger partial charge in [-0.15, -0.1) is 11.3 Å². The van der Waals surface area contributed by atoms with Crippen molar-refractivity contribution in [3.63, 3.8) is 0 Å². The van der Waals surface area contributed by atoms with E-state index < -0.39 is 0 Å². The summed E-state index contributed by atoms with van der Waals surface area (Å²) >= 11 is 14.1. The average molecular weight is 429 g/mol. The highest BCUT2D eigenvalue weighted by Gasteiger charge is 2.15. The van der Waals surface area contributed by atoms with Crippen molar-refractivity contribution in [1.82, 2.24) is 4.98 Å². The number of hydrogen-bond donors (Lipinski definition) is 1. The van der Waals surface area contributed by atoms with Crippen molar-refractivity contribution in [3.05, 3.63) is 76.3 Å². The Kier molecular flexibility index (Phi) is 5.22. The lowest BCUT2D eigenvalue weighted by molar-refractivity contribution is 0.102. The Labute approximate surface area is 175 Å². The van der Waals surface area contributed by atoms with E-state index in [4.69, 9.17) is 27.9 Å². The number of thiazole rings is 1. The van der Waals surface area contributed by atoms with E-state index in [9.17, 15) is 4.79 Å². The summed E-state index contributed by atoms with van der Waals surface area (Å²) in [5.41, 5.74) is 2.67. The van der Waals surface area contributed by atoms with Crippen molar-refractivity contribution in [2.24, 2.45) is 0 Å². The van der Waals surface area contributed by atoms with Gasteiger partial charge in [-0.1, -0.05) is 35.3 Å². The molecule has 0 spiro atoms. The molecule has 4 aromatic rings. The number of benzene rings is 3. The van der Waals surface area contributed by atoms with E-state index in [0.717, 1.165) is 20.8 Å². The van der Waals surface area contributed by atoms with Gasteiger partial charge < -0.3 is 10.1 Å². The quantitative estimate of drug-likeness (QED) is 0.401. The number of carbonyl (C=O) groups is 1. The fourth-order valence-corrected chi connectivity index (χ4v) is 4.31. The van der Waals surface area contributed by atoms with Crippen LogP contribution >= 0.6 is 34.5 Å². The number of nitrogens with one attached hydrogen (secondary N) is 1. The summed E-state index contributed by atoms with van der Waals surface area (Å²) in [4.78, 5) is 17.3. The first-order valence-corrected chi connectivity index (χ1v) is 9.93. The molecule has 28 heavy (non-hydrogen) atoms. The third kappa shape index (κ3) is 3.69. The number of amides is 1. The Hall–Kier alpha value is -2.60. The zero-order valence-electron chi connectivity index (χ0n) is 14.7. The molecular weight excluding hydrogens is 415 g/mol. The fraction of sp³-hybridized carbons (Fsp3) is 0.0476. The maximum absolute atomic E-state index is 12.6. The zero-order chi connectivity index (χ0) is 19.7. The van der Waals surface area contributed by atoms with Crippen LogP contribution in [0.15, 0.2) is 60.7 Å². The molecule has 4 rings (SSSR count). The van der Waals surface area contributed by atoms with Crippen molar-refractivity contribution in [1.29, 1.82) is 0 Å². The van der Waals surface area contributed by atoms with Crippen molar-refractivity contribution < 1.29 is 9.53 Å². The molecule has 0 fully saturated rings. The minimum Gasteiger partial charge on any atom is -0.496 e. The fourth-order valence-electron chi connectivity index (χ4n) is 2.81. The highest BCUT2D eigenvalue weighted by molar-refractivity contribution is 7.21. The van der Waals surface area contributed by atoms with Crippen LogP contribution in [0.3, 0.4) is 0 Å². The summed E-state index contributed by atoms with van der Waals surface area (Å²) in [7, 11) is 1.50. The molecule has 1 N–H and O–H groups in total. The van der Waals surface area contributed by atoms with Crippen LogP contribution in [0.2, 0.25) is 10.0 Å². The smallest absolute Gasteiger partial charge is 0.259 e. The van der Waals surface area contributed by atoms with Crippen LogP contribution in [0.5, 0.6) is 5.75 Å². The van der Waals surface area contributed by atoms with E-state index in [0.29, 0.717) is 27.0 Å². The van der Waals surface area contributed by atoms with Crippen LogP contribution in [0, 0.1) is 0 Å². The number of ether oxygens (including phenoxy) is 1. The lowest BCUT2D eigenvalue weighted by atomic mass is 10.1. The second-order valence-corrected chi connectivity index (χ2v) is 7.85. The van der Waals surface area contributed by atoms with Crippen LogP contribution in [0.4, 0.5) is 5.69 Å². The molecule has 0 saturated heterocycles. The Morgan fingerprint density at radius 3 is 2.64 bits per heavy atom. The molecular formula is C21H14Cl2N2O2S.